The van der Waals surface area contributed by atoms with Gasteiger partial charge in [0.25, 0.3) is 0 Å². The van der Waals surface area contributed by atoms with Gasteiger partial charge in [-0.15, -0.1) is 12.4 Å². The van der Waals surface area contributed by atoms with E-state index in [1.807, 2.05) is 37.3 Å². The second-order valence-electron chi connectivity index (χ2n) is 5.53. The molecule has 1 unspecified atom stereocenters. The molecule has 0 heterocycles. The van der Waals surface area contributed by atoms with E-state index in [9.17, 15) is 4.79 Å². The van der Waals surface area contributed by atoms with Crippen LogP contribution in [0.15, 0.2) is 30.3 Å². The van der Waals surface area contributed by atoms with Crippen molar-refractivity contribution in [2.24, 2.45) is 11.7 Å². The number of hydrogen-bond donors (Lipinski definition) is 2. The van der Waals surface area contributed by atoms with Crippen LogP contribution >= 0.6 is 12.4 Å². The number of carbonyl (C=O) groups excluding carboxylic acids is 1. The second kappa shape index (κ2) is 10.5. The Morgan fingerprint density at radius 2 is 1.86 bits per heavy atom. The van der Waals surface area contributed by atoms with Crippen LogP contribution in [0.4, 0.5) is 0 Å². The Hall–Kier alpha value is -1.26. The van der Waals surface area contributed by atoms with E-state index in [2.05, 4.69) is 19.2 Å². The van der Waals surface area contributed by atoms with E-state index in [0.29, 0.717) is 19.6 Å². The number of nitrogens with one attached hydrogen (secondary N) is 1. The van der Waals surface area contributed by atoms with Crippen molar-refractivity contribution >= 4 is 18.3 Å². The standard InChI is InChI=1S/C17H28N2O2.ClH/c1-4-17(5-2,13-18)19-16(20)14(3)11-12-21-15-9-7-6-8-10-15;/h6-10,14H,4-5,11-13,18H2,1-3H3,(H,19,20);1H. The molecule has 3 N–H and O–H groups in total. The molecule has 0 aliphatic carbocycles. The molecule has 1 atom stereocenters. The Kier molecular flexibility index (Phi) is 9.86. The van der Waals surface area contributed by atoms with Crippen LogP contribution < -0.4 is 15.8 Å². The first-order valence-corrected chi connectivity index (χ1v) is 7.77. The average Bonchev–Trinajstić information content (AvgIpc) is 2.53. The molecule has 0 radical (unpaired) electrons. The fourth-order valence-corrected chi connectivity index (χ4v) is 2.15. The molecule has 0 bridgehead atoms. The maximum atomic E-state index is 12.3. The highest BCUT2D eigenvalue weighted by Crippen LogP contribution is 2.16. The third kappa shape index (κ3) is 6.24. The summed E-state index contributed by atoms with van der Waals surface area (Å²) in [7, 11) is 0. The van der Waals surface area contributed by atoms with Crippen LogP contribution in [0.5, 0.6) is 5.75 Å². The molecule has 4 nitrogen and oxygen atoms in total. The van der Waals surface area contributed by atoms with Gasteiger partial charge in [-0.25, -0.2) is 0 Å². The topological polar surface area (TPSA) is 64.3 Å². The lowest BCUT2D eigenvalue weighted by atomic mass is 9.91. The van der Waals surface area contributed by atoms with E-state index in [-0.39, 0.29) is 29.8 Å². The number of ether oxygens (including phenoxy) is 1. The summed E-state index contributed by atoms with van der Waals surface area (Å²) < 4.78 is 5.63. The third-order valence-corrected chi connectivity index (χ3v) is 4.14. The summed E-state index contributed by atoms with van der Waals surface area (Å²) >= 11 is 0. The Labute approximate surface area is 140 Å². The maximum absolute atomic E-state index is 12.3. The number of benzene rings is 1. The first-order chi connectivity index (χ1) is 10.1. The van der Waals surface area contributed by atoms with Gasteiger partial charge < -0.3 is 15.8 Å². The number of para-hydroxylation sites is 1. The Bertz CT molecular complexity index is 414. The van der Waals surface area contributed by atoms with Crippen molar-refractivity contribution in [3.05, 3.63) is 30.3 Å². The van der Waals surface area contributed by atoms with E-state index in [4.69, 9.17) is 10.5 Å². The molecular weight excluding hydrogens is 300 g/mol. The van der Waals surface area contributed by atoms with Crippen LogP contribution in [0.25, 0.3) is 0 Å². The minimum Gasteiger partial charge on any atom is -0.494 e. The maximum Gasteiger partial charge on any atom is 0.223 e. The number of nitrogens with two attached hydrogens (primary N) is 1. The van der Waals surface area contributed by atoms with Gasteiger partial charge in [-0.05, 0) is 31.4 Å². The SMILES string of the molecule is CCC(CC)(CN)NC(=O)C(C)CCOc1ccccc1.Cl. The minimum atomic E-state index is -0.272. The van der Waals surface area contributed by atoms with Crippen molar-refractivity contribution in [2.75, 3.05) is 13.2 Å². The summed E-state index contributed by atoms with van der Waals surface area (Å²) in [6.45, 7) is 7.04. The van der Waals surface area contributed by atoms with Crippen LogP contribution in [0.3, 0.4) is 0 Å². The van der Waals surface area contributed by atoms with Gasteiger partial charge in [0.1, 0.15) is 5.75 Å². The molecule has 0 saturated heterocycles. The molecule has 1 aromatic carbocycles. The number of halogens is 1. The molecule has 0 spiro atoms. The van der Waals surface area contributed by atoms with E-state index >= 15 is 0 Å². The molecule has 22 heavy (non-hydrogen) atoms. The van der Waals surface area contributed by atoms with Gasteiger partial charge in [-0.3, -0.25) is 4.79 Å². The van der Waals surface area contributed by atoms with E-state index < -0.39 is 0 Å². The van der Waals surface area contributed by atoms with Crippen molar-refractivity contribution in [3.8, 4) is 5.75 Å². The lowest BCUT2D eigenvalue weighted by Gasteiger charge is -2.32. The van der Waals surface area contributed by atoms with Crippen LogP contribution in [-0.2, 0) is 4.79 Å². The molecule has 1 amide bonds. The predicted molar refractivity (Wildman–Crippen MR) is 93.5 cm³/mol. The average molecular weight is 329 g/mol. The first-order valence-electron chi connectivity index (χ1n) is 7.77. The smallest absolute Gasteiger partial charge is 0.223 e. The van der Waals surface area contributed by atoms with Crippen molar-refractivity contribution < 1.29 is 9.53 Å². The van der Waals surface area contributed by atoms with Gasteiger partial charge >= 0.3 is 0 Å². The lowest BCUT2D eigenvalue weighted by Crippen LogP contribution is -2.54. The second-order valence-corrected chi connectivity index (χ2v) is 5.53. The quantitative estimate of drug-likeness (QED) is 0.732. The van der Waals surface area contributed by atoms with Gasteiger partial charge in [-0.1, -0.05) is 39.0 Å². The fourth-order valence-electron chi connectivity index (χ4n) is 2.15. The summed E-state index contributed by atoms with van der Waals surface area (Å²) in [6, 6.07) is 9.65. The predicted octanol–water partition coefficient (Wildman–Crippen LogP) is 3.15. The summed E-state index contributed by atoms with van der Waals surface area (Å²) in [5, 5.41) is 3.11. The normalized spacial score (nSPS) is 12.2. The van der Waals surface area contributed by atoms with Gasteiger partial charge in [-0.2, -0.15) is 0 Å². The zero-order valence-electron chi connectivity index (χ0n) is 13.8. The van der Waals surface area contributed by atoms with E-state index in [1.165, 1.54) is 0 Å². The van der Waals surface area contributed by atoms with Crippen LogP contribution in [0.2, 0.25) is 0 Å². The molecule has 0 aliphatic heterocycles. The largest absolute Gasteiger partial charge is 0.494 e. The molecule has 1 aromatic rings. The van der Waals surface area contributed by atoms with Gasteiger partial charge in [0.2, 0.25) is 5.91 Å². The van der Waals surface area contributed by atoms with Gasteiger partial charge in [0.05, 0.1) is 12.1 Å². The lowest BCUT2D eigenvalue weighted by molar-refractivity contribution is -0.126. The molecule has 0 saturated carbocycles. The Morgan fingerprint density at radius 1 is 1.27 bits per heavy atom. The molecule has 0 aliphatic rings. The number of rotatable bonds is 9. The van der Waals surface area contributed by atoms with Crippen LogP contribution in [0, 0.1) is 5.92 Å². The van der Waals surface area contributed by atoms with E-state index in [0.717, 1.165) is 18.6 Å². The van der Waals surface area contributed by atoms with Crippen LogP contribution in [-0.4, -0.2) is 24.6 Å². The van der Waals surface area contributed by atoms with Crippen molar-refractivity contribution in [2.45, 2.75) is 45.6 Å². The Morgan fingerprint density at radius 3 is 2.36 bits per heavy atom. The highest BCUT2D eigenvalue weighted by atomic mass is 35.5. The third-order valence-electron chi connectivity index (χ3n) is 4.14. The van der Waals surface area contributed by atoms with Gasteiger partial charge in [0, 0.05) is 12.5 Å². The van der Waals surface area contributed by atoms with Crippen molar-refractivity contribution in [1.29, 1.82) is 0 Å². The van der Waals surface area contributed by atoms with E-state index in [1.54, 1.807) is 0 Å². The monoisotopic (exact) mass is 328 g/mol. The molecule has 126 valence electrons. The summed E-state index contributed by atoms with van der Waals surface area (Å²) in [5.41, 5.74) is 5.54. The van der Waals surface area contributed by atoms with Crippen LogP contribution in [0.1, 0.15) is 40.0 Å². The number of amides is 1. The molecule has 5 heteroatoms. The minimum absolute atomic E-state index is 0. The molecule has 0 aromatic heterocycles. The Balaban J connectivity index is 0.00000441. The van der Waals surface area contributed by atoms with Gasteiger partial charge in [0.15, 0.2) is 0 Å². The van der Waals surface area contributed by atoms with Crippen molar-refractivity contribution in [1.82, 2.24) is 5.32 Å². The number of hydrogen-bond acceptors (Lipinski definition) is 3. The first kappa shape index (κ1) is 20.7. The molecule has 1 rings (SSSR count). The summed E-state index contributed by atoms with van der Waals surface area (Å²) in [5.74, 6) is 0.807. The molecule has 0 fully saturated rings. The highest BCUT2D eigenvalue weighted by molar-refractivity contribution is 5.85. The summed E-state index contributed by atoms with van der Waals surface area (Å²) in [4.78, 5) is 12.3. The molecular formula is C17H29ClN2O2. The highest BCUT2D eigenvalue weighted by Gasteiger charge is 2.28. The van der Waals surface area contributed by atoms with Crippen molar-refractivity contribution in [3.63, 3.8) is 0 Å². The fraction of sp³-hybridized carbons (Fsp3) is 0.588. The zero-order chi connectivity index (χ0) is 15.7. The summed E-state index contributed by atoms with van der Waals surface area (Å²) in [6.07, 6.45) is 2.38. The zero-order valence-corrected chi connectivity index (χ0v) is 14.6. The number of carbonyl (C=O) groups is 1.